The zero-order valence-electron chi connectivity index (χ0n) is 22.5. The second-order valence-electron chi connectivity index (χ2n) is 10.6. The Hall–Kier alpha value is -3.65. The van der Waals surface area contributed by atoms with Crippen LogP contribution < -0.4 is 4.74 Å². The van der Waals surface area contributed by atoms with Gasteiger partial charge in [0.25, 0.3) is 6.43 Å². The molecular weight excluding hydrogens is 507 g/mol. The summed E-state index contributed by atoms with van der Waals surface area (Å²) in [5.74, 6) is -0.947. The molecule has 1 aliphatic rings. The molecule has 3 aromatic carbocycles. The summed E-state index contributed by atoms with van der Waals surface area (Å²) in [7, 11) is 0. The van der Waals surface area contributed by atoms with E-state index in [1.165, 1.54) is 6.07 Å². The highest BCUT2D eigenvalue weighted by atomic mass is 19.3. The number of carbonyl (C=O) groups excluding carboxylic acids is 1. The largest absolute Gasteiger partial charge is 0.493 e. The number of alkyl halides is 2. The van der Waals surface area contributed by atoms with Gasteiger partial charge in [0.05, 0.1) is 29.9 Å². The van der Waals surface area contributed by atoms with Crippen molar-refractivity contribution in [2.24, 2.45) is 0 Å². The number of nitrogens with zero attached hydrogens (tertiary/aromatic N) is 1. The van der Waals surface area contributed by atoms with E-state index in [9.17, 15) is 13.6 Å². The van der Waals surface area contributed by atoms with Crippen molar-refractivity contribution >= 4 is 27.6 Å². The first-order chi connectivity index (χ1) is 18.5. The smallest absolute Gasteiger partial charge is 0.339 e. The number of carbonyl (C=O) groups is 1. The minimum absolute atomic E-state index is 0.136. The van der Waals surface area contributed by atoms with Gasteiger partial charge in [-0.3, -0.25) is 4.98 Å². The van der Waals surface area contributed by atoms with Crippen LogP contribution >= 0.6 is 0 Å². The molecule has 0 saturated carbocycles. The van der Waals surface area contributed by atoms with Crippen molar-refractivity contribution in [2.75, 3.05) is 13.2 Å². The molecule has 5 nitrogen and oxygen atoms in total. The number of halogens is 3. The molecule has 1 aliphatic heterocycles. The van der Waals surface area contributed by atoms with Crippen LogP contribution in [-0.4, -0.2) is 29.8 Å². The minimum atomic E-state index is -2.98. The third-order valence-electron chi connectivity index (χ3n) is 6.81. The van der Waals surface area contributed by atoms with Gasteiger partial charge in [0.15, 0.2) is 6.10 Å². The lowest BCUT2D eigenvalue weighted by Crippen LogP contribution is -2.29. The lowest BCUT2D eigenvalue weighted by molar-refractivity contribution is -0.166. The fraction of sp³-hybridized carbons (Fsp3) is 0.355. The number of rotatable bonds is 6. The summed E-state index contributed by atoms with van der Waals surface area (Å²) >= 11 is 0. The summed E-state index contributed by atoms with van der Waals surface area (Å²) < 4.78 is 60.0. The number of benzene rings is 3. The molecule has 1 aromatic heterocycles. The first-order valence-corrected chi connectivity index (χ1v) is 12.9. The van der Waals surface area contributed by atoms with Crippen LogP contribution in [0.15, 0.2) is 42.6 Å². The number of aromatic nitrogens is 1. The van der Waals surface area contributed by atoms with Gasteiger partial charge in [0.1, 0.15) is 11.6 Å². The Kier molecular flexibility index (Phi) is 7.01. The Morgan fingerprint density at radius 1 is 1.15 bits per heavy atom. The standard InChI is InChI=1S/C31H30F3NO4/c1-6-37-30(36)28(39-31(3,4)5)24-16(2)13-18-14-21(29(33)34)22(32)15-20(18)26(24)19-7-8-23-25-17(10-12-38-23)9-11-35-27(19)25/h7-9,11,13-15,28-29H,6,10,12H2,1-5H3. The lowest BCUT2D eigenvalue weighted by Gasteiger charge is -2.30. The minimum Gasteiger partial charge on any atom is -0.493 e. The highest BCUT2D eigenvalue weighted by Crippen LogP contribution is 2.46. The van der Waals surface area contributed by atoms with Crippen molar-refractivity contribution in [3.05, 3.63) is 70.7 Å². The molecular formula is C31H30F3NO4. The molecule has 4 aromatic rings. The molecule has 0 saturated heterocycles. The quantitative estimate of drug-likeness (QED) is 0.235. The summed E-state index contributed by atoms with van der Waals surface area (Å²) in [6.07, 6.45) is -1.74. The molecule has 0 spiro atoms. The lowest BCUT2D eigenvalue weighted by atomic mass is 9.85. The predicted molar refractivity (Wildman–Crippen MR) is 144 cm³/mol. The molecule has 0 N–H and O–H groups in total. The molecule has 204 valence electrons. The first-order valence-electron chi connectivity index (χ1n) is 12.9. The van der Waals surface area contributed by atoms with E-state index in [0.29, 0.717) is 57.3 Å². The molecule has 0 radical (unpaired) electrons. The number of hydrogen-bond donors (Lipinski definition) is 0. The van der Waals surface area contributed by atoms with Gasteiger partial charge < -0.3 is 14.2 Å². The Labute approximate surface area is 224 Å². The van der Waals surface area contributed by atoms with E-state index in [-0.39, 0.29) is 6.61 Å². The molecule has 1 unspecified atom stereocenters. The summed E-state index contributed by atoms with van der Waals surface area (Å²) in [5, 5.41) is 1.61. The van der Waals surface area contributed by atoms with E-state index in [2.05, 4.69) is 4.98 Å². The van der Waals surface area contributed by atoms with Crippen LogP contribution in [0.5, 0.6) is 5.75 Å². The summed E-state index contributed by atoms with van der Waals surface area (Å²) in [6.45, 7) is 9.63. The van der Waals surface area contributed by atoms with Crippen LogP contribution in [-0.2, 0) is 20.7 Å². The summed E-state index contributed by atoms with van der Waals surface area (Å²) in [4.78, 5) is 18.0. The maximum Gasteiger partial charge on any atom is 0.339 e. The second-order valence-corrected chi connectivity index (χ2v) is 10.6. The van der Waals surface area contributed by atoms with Crippen LogP contribution in [0.25, 0.3) is 32.8 Å². The zero-order chi connectivity index (χ0) is 28.1. The van der Waals surface area contributed by atoms with E-state index in [0.717, 1.165) is 17.0 Å². The number of fused-ring (bicyclic) bond motifs is 1. The van der Waals surface area contributed by atoms with Crippen molar-refractivity contribution in [1.82, 2.24) is 4.98 Å². The van der Waals surface area contributed by atoms with E-state index in [1.807, 2.05) is 39.0 Å². The molecule has 0 amide bonds. The molecule has 39 heavy (non-hydrogen) atoms. The highest BCUT2D eigenvalue weighted by molar-refractivity contribution is 6.09. The molecule has 0 bridgehead atoms. The predicted octanol–water partition coefficient (Wildman–Crippen LogP) is 7.79. The van der Waals surface area contributed by atoms with Gasteiger partial charge in [-0.25, -0.2) is 18.0 Å². The Morgan fingerprint density at radius 3 is 2.62 bits per heavy atom. The summed E-state index contributed by atoms with van der Waals surface area (Å²) in [5.41, 5.74) is 2.41. The fourth-order valence-corrected chi connectivity index (χ4v) is 5.29. The number of hydrogen-bond acceptors (Lipinski definition) is 5. The average Bonchev–Trinajstić information content (AvgIpc) is 2.87. The van der Waals surface area contributed by atoms with Crippen molar-refractivity contribution in [1.29, 1.82) is 0 Å². The van der Waals surface area contributed by atoms with Gasteiger partial charge >= 0.3 is 5.97 Å². The topological polar surface area (TPSA) is 57.7 Å². The molecule has 1 atom stereocenters. The van der Waals surface area contributed by atoms with Crippen LogP contribution in [0.1, 0.15) is 62.5 Å². The van der Waals surface area contributed by atoms with Gasteiger partial charge in [-0.15, -0.1) is 0 Å². The Morgan fingerprint density at radius 2 is 1.92 bits per heavy atom. The van der Waals surface area contributed by atoms with Crippen LogP contribution in [0.3, 0.4) is 0 Å². The van der Waals surface area contributed by atoms with Gasteiger partial charge in [-0.05, 0) is 92.4 Å². The SMILES string of the molecule is CCOC(=O)C(OC(C)(C)C)c1c(C)cc2cc(C(F)F)c(F)cc2c1-c1ccc2c3c(ccnc13)CCO2. The second kappa shape index (κ2) is 10.2. The third kappa shape index (κ3) is 4.93. The molecule has 0 fully saturated rings. The molecule has 0 aliphatic carbocycles. The maximum atomic E-state index is 15.1. The third-order valence-corrected chi connectivity index (χ3v) is 6.81. The van der Waals surface area contributed by atoms with Crippen LogP contribution in [0, 0.1) is 12.7 Å². The normalized spacial score (nSPS) is 14.1. The summed E-state index contributed by atoms with van der Waals surface area (Å²) in [6, 6.07) is 9.54. The number of esters is 1. The number of pyridine rings is 1. The van der Waals surface area contributed by atoms with Gasteiger partial charge in [0.2, 0.25) is 0 Å². The Bertz CT molecular complexity index is 1580. The maximum absolute atomic E-state index is 15.1. The van der Waals surface area contributed by atoms with Crippen molar-refractivity contribution < 1.29 is 32.2 Å². The monoisotopic (exact) mass is 537 g/mol. The van der Waals surface area contributed by atoms with Crippen molar-refractivity contribution in [2.45, 2.75) is 59.2 Å². The molecule has 5 rings (SSSR count). The molecule has 2 heterocycles. The van der Waals surface area contributed by atoms with Gasteiger partial charge in [-0.2, -0.15) is 0 Å². The van der Waals surface area contributed by atoms with Crippen molar-refractivity contribution in [3.8, 4) is 16.9 Å². The van der Waals surface area contributed by atoms with Gasteiger partial charge in [-0.1, -0.05) is 6.07 Å². The van der Waals surface area contributed by atoms with E-state index < -0.39 is 35.5 Å². The fourth-order valence-electron chi connectivity index (χ4n) is 5.29. The first kappa shape index (κ1) is 26.9. The van der Waals surface area contributed by atoms with Crippen LogP contribution in [0.2, 0.25) is 0 Å². The van der Waals surface area contributed by atoms with E-state index in [4.69, 9.17) is 14.2 Å². The number of ether oxygens (including phenoxy) is 3. The van der Waals surface area contributed by atoms with Crippen LogP contribution in [0.4, 0.5) is 13.2 Å². The highest BCUT2D eigenvalue weighted by Gasteiger charge is 2.34. The number of aryl methyl sites for hydroxylation is 1. The van der Waals surface area contributed by atoms with E-state index >= 15 is 4.39 Å². The average molecular weight is 538 g/mol. The van der Waals surface area contributed by atoms with Gasteiger partial charge in [0, 0.05) is 29.1 Å². The zero-order valence-corrected chi connectivity index (χ0v) is 22.5. The van der Waals surface area contributed by atoms with E-state index in [1.54, 1.807) is 26.1 Å². The van der Waals surface area contributed by atoms with Crippen molar-refractivity contribution in [3.63, 3.8) is 0 Å². The molecule has 8 heteroatoms. The Balaban J connectivity index is 1.93.